The van der Waals surface area contributed by atoms with E-state index in [1.807, 2.05) is 30.3 Å². The molecule has 0 aliphatic rings. The predicted molar refractivity (Wildman–Crippen MR) is 259 cm³/mol. The molecule has 0 saturated heterocycles. The monoisotopic (exact) mass is 796 g/mol. The number of hydrogen-bond acceptors (Lipinski definition) is 3. The van der Waals surface area contributed by atoms with E-state index >= 15 is 0 Å². The van der Waals surface area contributed by atoms with Crippen LogP contribution in [0.2, 0.25) is 0 Å². The highest BCUT2D eigenvalue weighted by atomic mass is 28.3. The average Bonchev–Trinajstić information content (AvgIpc) is 3.79. The second kappa shape index (κ2) is 15.8. The Hall–Kier alpha value is -7.79. The van der Waals surface area contributed by atoms with Crippen LogP contribution < -0.4 is 20.5 Å². The summed E-state index contributed by atoms with van der Waals surface area (Å²) in [7, 11) is -1.72. The lowest BCUT2D eigenvalue weighted by Crippen LogP contribution is -2.51. The smallest absolute Gasteiger partial charge is 0.227 e. The first kappa shape index (κ1) is 36.3. The van der Waals surface area contributed by atoms with E-state index in [1.54, 1.807) is 0 Å². The Morgan fingerprint density at radius 2 is 0.836 bits per heavy atom. The zero-order valence-electron chi connectivity index (χ0n) is 33.4. The molecule has 1 heterocycles. The number of hydrogen-bond donors (Lipinski definition) is 0. The molecule has 288 valence electrons. The molecule has 0 unspecified atom stereocenters. The van der Waals surface area contributed by atoms with Gasteiger partial charge in [0, 0.05) is 28.0 Å². The second-order valence-corrected chi connectivity index (χ2v) is 18.4. The summed E-state index contributed by atoms with van der Waals surface area (Å²) >= 11 is 0. The van der Waals surface area contributed by atoms with Crippen LogP contribution in [0.5, 0.6) is 0 Å². The van der Waals surface area contributed by atoms with Crippen LogP contribution in [-0.2, 0) is 0 Å². The lowest BCUT2D eigenvalue weighted by molar-refractivity contribution is 0.623. The molecule has 4 heteroatoms. The molecule has 11 aromatic rings. The molecule has 0 atom stereocenters. The van der Waals surface area contributed by atoms with E-state index in [0.717, 1.165) is 55.3 Å². The first-order valence-corrected chi connectivity index (χ1v) is 22.5. The van der Waals surface area contributed by atoms with E-state index in [9.17, 15) is 0 Å². The molecular weight excluding hydrogens is 757 g/mol. The second-order valence-electron chi connectivity index (χ2n) is 15.5. The maximum absolute atomic E-state index is 6.63. The number of oxazole rings is 1. The minimum Gasteiger partial charge on any atom is -0.435 e. The van der Waals surface area contributed by atoms with Crippen LogP contribution >= 0.6 is 0 Å². The first-order valence-electron chi connectivity index (χ1n) is 20.8. The predicted octanol–water partition coefficient (Wildman–Crippen LogP) is 12.9. The van der Waals surface area contributed by atoms with Gasteiger partial charge < -0.3 is 9.32 Å². The quantitative estimate of drug-likeness (QED) is 0.0828. The number of aromatic nitrogens is 1. The molecule has 0 fully saturated rings. The maximum atomic E-state index is 6.63. The Kier molecular flexibility index (Phi) is 9.38. The Labute approximate surface area is 357 Å². The van der Waals surface area contributed by atoms with Crippen molar-refractivity contribution in [2.75, 3.05) is 4.90 Å². The molecule has 0 spiro atoms. The van der Waals surface area contributed by atoms with Crippen LogP contribution in [0.15, 0.2) is 241 Å². The summed E-state index contributed by atoms with van der Waals surface area (Å²) in [5.74, 6) is 0.625. The van der Waals surface area contributed by atoms with E-state index in [4.69, 9.17) is 9.40 Å². The van der Waals surface area contributed by atoms with Crippen LogP contribution in [0.25, 0.3) is 66.4 Å². The highest BCUT2D eigenvalue weighted by Crippen LogP contribution is 2.41. The van der Waals surface area contributed by atoms with Crippen LogP contribution in [0, 0.1) is 0 Å². The Morgan fingerprint density at radius 1 is 0.377 bits per heavy atom. The molecule has 61 heavy (non-hydrogen) atoms. The van der Waals surface area contributed by atoms with Gasteiger partial charge in [0.1, 0.15) is 14.3 Å². The molecule has 0 radical (unpaired) electrons. The molecule has 10 aromatic carbocycles. The van der Waals surface area contributed by atoms with Gasteiger partial charge in [0.15, 0.2) is 5.58 Å². The topological polar surface area (TPSA) is 29.3 Å². The fourth-order valence-corrected chi connectivity index (χ4v) is 11.8. The van der Waals surface area contributed by atoms with Crippen molar-refractivity contribution in [3.63, 3.8) is 0 Å². The van der Waals surface area contributed by atoms with E-state index < -0.39 is 8.80 Å². The van der Waals surface area contributed by atoms with Gasteiger partial charge in [-0.25, -0.2) is 4.98 Å². The molecule has 0 saturated carbocycles. The summed E-state index contributed by atoms with van der Waals surface area (Å²) in [5.41, 5.74) is 10.6. The standard InChI is InChI=1S/C57H40N2OSi/c1-5-15-40(16-6-1)51-23-13-14-24-52(51)41-27-31-45(32-28-41)59(46-34-36-50(37-35-46)61(48-19-9-3-10-20-48)49-21-11-4-12-22-49)47-33-29-42-25-26-43-30-38-54-56(55(43)53(42)39-47)60-57(58-54)44-17-7-2-8-18-44/h1-39,61H. The minimum atomic E-state index is -1.72. The molecule has 0 N–H and O–H groups in total. The fraction of sp³-hybridized carbons (Fsp3) is 0. The minimum absolute atomic E-state index is 0.625. The van der Waals surface area contributed by atoms with Gasteiger partial charge in [-0.3, -0.25) is 0 Å². The van der Waals surface area contributed by atoms with Gasteiger partial charge in [-0.2, -0.15) is 0 Å². The molecule has 3 nitrogen and oxygen atoms in total. The fourth-order valence-electron chi connectivity index (χ4n) is 8.88. The first-order chi connectivity index (χ1) is 30.2. The van der Waals surface area contributed by atoms with Gasteiger partial charge >= 0.3 is 0 Å². The van der Waals surface area contributed by atoms with Gasteiger partial charge in [-0.05, 0) is 93.0 Å². The number of anilines is 3. The van der Waals surface area contributed by atoms with Crippen molar-refractivity contribution in [1.82, 2.24) is 4.98 Å². The van der Waals surface area contributed by atoms with Crippen molar-refractivity contribution in [2.24, 2.45) is 0 Å². The van der Waals surface area contributed by atoms with E-state index in [1.165, 1.54) is 37.8 Å². The number of benzene rings is 10. The van der Waals surface area contributed by atoms with Crippen molar-refractivity contribution in [3.8, 4) is 33.7 Å². The van der Waals surface area contributed by atoms with E-state index in [0.29, 0.717) is 5.89 Å². The lowest BCUT2D eigenvalue weighted by Gasteiger charge is -2.27. The average molecular weight is 797 g/mol. The Morgan fingerprint density at radius 3 is 1.46 bits per heavy atom. The highest BCUT2D eigenvalue weighted by Gasteiger charge is 2.21. The van der Waals surface area contributed by atoms with Crippen LogP contribution in [0.4, 0.5) is 17.1 Å². The Balaban J connectivity index is 1.06. The van der Waals surface area contributed by atoms with Crippen molar-refractivity contribution in [1.29, 1.82) is 0 Å². The van der Waals surface area contributed by atoms with Gasteiger partial charge in [0.25, 0.3) is 0 Å². The molecule has 0 bridgehead atoms. The van der Waals surface area contributed by atoms with Crippen LogP contribution in [-0.4, -0.2) is 13.8 Å². The van der Waals surface area contributed by atoms with E-state index in [-0.39, 0.29) is 0 Å². The lowest BCUT2D eigenvalue weighted by atomic mass is 9.94. The van der Waals surface area contributed by atoms with Gasteiger partial charge in [0.05, 0.1) is 0 Å². The van der Waals surface area contributed by atoms with Crippen molar-refractivity contribution in [3.05, 3.63) is 237 Å². The van der Waals surface area contributed by atoms with Crippen LogP contribution in [0.3, 0.4) is 0 Å². The normalized spacial score (nSPS) is 11.4. The summed E-state index contributed by atoms with van der Waals surface area (Å²) < 4.78 is 6.63. The van der Waals surface area contributed by atoms with Gasteiger partial charge in [0.2, 0.25) is 5.89 Å². The molecule has 0 aliphatic heterocycles. The van der Waals surface area contributed by atoms with Crippen molar-refractivity contribution < 1.29 is 4.42 Å². The zero-order chi connectivity index (χ0) is 40.5. The van der Waals surface area contributed by atoms with Gasteiger partial charge in [-0.15, -0.1) is 0 Å². The molecule has 0 amide bonds. The molecular formula is C57H40N2OSi. The number of fused-ring (bicyclic) bond motifs is 5. The van der Waals surface area contributed by atoms with Gasteiger partial charge in [-0.1, -0.05) is 198 Å². The summed E-state index contributed by atoms with van der Waals surface area (Å²) in [6.45, 7) is 0. The summed E-state index contributed by atoms with van der Waals surface area (Å²) in [4.78, 5) is 7.32. The third kappa shape index (κ3) is 6.89. The zero-order valence-corrected chi connectivity index (χ0v) is 34.6. The third-order valence-electron chi connectivity index (χ3n) is 11.8. The summed E-state index contributed by atoms with van der Waals surface area (Å²) in [5, 5.41) is 8.62. The molecule has 11 rings (SSSR count). The van der Waals surface area contributed by atoms with E-state index in [2.05, 4.69) is 211 Å². The number of nitrogens with zero attached hydrogens (tertiary/aromatic N) is 2. The highest BCUT2D eigenvalue weighted by molar-refractivity contribution is 6.95. The SMILES string of the molecule is c1ccc(-c2nc3ccc4ccc5ccc(N(c6ccc(-c7ccccc7-c7ccccc7)cc6)c6ccc([SiH](c7ccccc7)c7ccccc7)cc6)cc5c4c3o2)cc1. The summed E-state index contributed by atoms with van der Waals surface area (Å²) in [6.07, 6.45) is 0. The summed E-state index contributed by atoms with van der Waals surface area (Å²) in [6, 6.07) is 85.2. The third-order valence-corrected chi connectivity index (χ3v) is 15.0. The largest absolute Gasteiger partial charge is 0.435 e. The van der Waals surface area contributed by atoms with Crippen molar-refractivity contribution >= 4 is 74.1 Å². The van der Waals surface area contributed by atoms with Crippen molar-refractivity contribution in [2.45, 2.75) is 0 Å². The number of rotatable bonds is 9. The molecule has 0 aliphatic carbocycles. The Bertz CT molecular complexity index is 3240. The van der Waals surface area contributed by atoms with Crippen LogP contribution in [0.1, 0.15) is 0 Å². The molecule has 1 aromatic heterocycles. The maximum Gasteiger partial charge on any atom is 0.227 e.